The molecule has 0 radical (unpaired) electrons. The molecule has 15 heavy (non-hydrogen) atoms. The SMILES string of the molecule is CCc1c(N)n[nH]c1-c1ccc(O)cc1. The fraction of sp³-hybridized carbons (Fsp3) is 0.182. The standard InChI is InChI=1S/C11H13N3O/c1-2-9-10(13-14-11(9)12)7-3-5-8(15)6-4-7/h3-6,15H,2H2,1H3,(H3,12,13,14). The molecule has 0 aliphatic rings. The maximum atomic E-state index is 9.18. The number of nitrogens with zero attached hydrogens (tertiary/aromatic N) is 1. The number of nitrogens with two attached hydrogens (primary N) is 1. The van der Waals surface area contributed by atoms with Gasteiger partial charge in [-0.1, -0.05) is 6.92 Å². The van der Waals surface area contributed by atoms with Gasteiger partial charge in [-0.05, 0) is 30.7 Å². The number of anilines is 1. The van der Waals surface area contributed by atoms with E-state index in [2.05, 4.69) is 10.2 Å². The first-order valence-electron chi connectivity index (χ1n) is 4.84. The van der Waals surface area contributed by atoms with Gasteiger partial charge >= 0.3 is 0 Å². The molecule has 4 heteroatoms. The van der Waals surface area contributed by atoms with Crippen molar-refractivity contribution < 1.29 is 5.11 Å². The van der Waals surface area contributed by atoms with Crippen molar-refractivity contribution >= 4 is 5.82 Å². The molecule has 2 rings (SSSR count). The van der Waals surface area contributed by atoms with E-state index in [1.165, 1.54) is 0 Å². The van der Waals surface area contributed by atoms with Crippen molar-refractivity contribution in [3.8, 4) is 17.0 Å². The normalized spacial score (nSPS) is 10.5. The zero-order chi connectivity index (χ0) is 10.8. The molecule has 1 aromatic heterocycles. The molecule has 2 aromatic rings. The monoisotopic (exact) mass is 203 g/mol. The summed E-state index contributed by atoms with van der Waals surface area (Å²) in [6.45, 7) is 2.03. The van der Waals surface area contributed by atoms with E-state index in [1.807, 2.05) is 19.1 Å². The molecule has 0 unspecified atom stereocenters. The van der Waals surface area contributed by atoms with Crippen LogP contribution in [0, 0.1) is 0 Å². The Morgan fingerprint density at radius 1 is 1.33 bits per heavy atom. The Morgan fingerprint density at radius 2 is 2.00 bits per heavy atom. The highest BCUT2D eigenvalue weighted by atomic mass is 16.3. The molecule has 0 saturated carbocycles. The molecule has 0 saturated heterocycles. The van der Waals surface area contributed by atoms with Crippen molar-refractivity contribution in [3.05, 3.63) is 29.8 Å². The number of hydrogen-bond donors (Lipinski definition) is 3. The molecule has 0 amide bonds. The van der Waals surface area contributed by atoms with Crippen LogP contribution < -0.4 is 5.73 Å². The summed E-state index contributed by atoms with van der Waals surface area (Å²) in [5.41, 5.74) is 8.65. The van der Waals surface area contributed by atoms with Crippen LogP contribution >= 0.6 is 0 Å². The smallest absolute Gasteiger partial charge is 0.149 e. The summed E-state index contributed by atoms with van der Waals surface area (Å²) in [4.78, 5) is 0. The Kier molecular flexibility index (Phi) is 2.33. The topological polar surface area (TPSA) is 74.9 Å². The third-order valence-electron chi connectivity index (χ3n) is 2.41. The third kappa shape index (κ3) is 1.66. The number of phenols is 1. The molecular formula is C11H13N3O. The predicted molar refractivity (Wildman–Crippen MR) is 59.5 cm³/mol. The van der Waals surface area contributed by atoms with Crippen molar-refractivity contribution in [1.29, 1.82) is 0 Å². The van der Waals surface area contributed by atoms with E-state index < -0.39 is 0 Å². The van der Waals surface area contributed by atoms with Crippen LogP contribution in [0.1, 0.15) is 12.5 Å². The molecule has 0 aliphatic carbocycles. The minimum atomic E-state index is 0.254. The maximum absolute atomic E-state index is 9.18. The molecule has 78 valence electrons. The van der Waals surface area contributed by atoms with Gasteiger partial charge in [0.25, 0.3) is 0 Å². The van der Waals surface area contributed by atoms with Crippen molar-refractivity contribution in [2.45, 2.75) is 13.3 Å². The number of rotatable bonds is 2. The lowest BCUT2D eigenvalue weighted by Gasteiger charge is -2.01. The molecule has 0 spiro atoms. The molecule has 0 bridgehead atoms. The van der Waals surface area contributed by atoms with Gasteiger partial charge in [0.1, 0.15) is 11.6 Å². The van der Waals surface area contributed by atoms with Crippen LogP contribution in [0.25, 0.3) is 11.3 Å². The lowest BCUT2D eigenvalue weighted by atomic mass is 10.1. The summed E-state index contributed by atoms with van der Waals surface area (Å²) in [5, 5.41) is 16.1. The van der Waals surface area contributed by atoms with Crippen LogP contribution in [0.4, 0.5) is 5.82 Å². The van der Waals surface area contributed by atoms with Gasteiger partial charge in [0, 0.05) is 11.1 Å². The number of hydrogen-bond acceptors (Lipinski definition) is 3. The van der Waals surface area contributed by atoms with E-state index in [4.69, 9.17) is 5.73 Å². The quantitative estimate of drug-likeness (QED) is 0.698. The first-order chi connectivity index (χ1) is 7.22. The van der Waals surface area contributed by atoms with Crippen molar-refractivity contribution in [3.63, 3.8) is 0 Å². The van der Waals surface area contributed by atoms with Gasteiger partial charge in [0.2, 0.25) is 0 Å². The van der Waals surface area contributed by atoms with Crippen molar-refractivity contribution in [2.24, 2.45) is 0 Å². The van der Waals surface area contributed by atoms with Gasteiger partial charge in [0.15, 0.2) is 0 Å². The zero-order valence-corrected chi connectivity index (χ0v) is 8.49. The second-order valence-electron chi connectivity index (χ2n) is 3.36. The zero-order valence-electron chi connectivity index (χ0n) is 8.49. The molecule has 1 heterocycles. The minimum Gasteiger partial charge on any atom is -0.508 e. The first kappa shape index (κ1) is 9.58. The van der Waals surface area contributed by atoms with E-state index in [0.29, 0.717) is 5.82 Å². The Labute approximate surface area is 87.7 Å². The third-order valence-corrected chi connectivity index (χ3v) is 2.41. The van der Waals surface area contributed by atoms with E-state index in [1.54, 1.807) is 12.1 Å². The number of nitrogen functional groups attached to an aromatic ring is 1. The number of benzene rings is 1. The van der Waals surface area contributed by atoms with Gasteiger partial charge < -0.3 is 10.8 Å². The summed E-state index contributed by atoms with van der Waals surface area (Å²) in [6.07, 6.45) is 0.832. The fourth-order valence-electron chi connectivity index (χ4n) is 1.60. The summed E-state index contributed by atoms with van der Waals surface area (Å²) in [5.74, 6) is 0.796. The minimum absolute atomic E-state index is 0.254. The number of aromatic amines is 1. The number of aromatic nitrogens is 2. The number of H-pyrrole nitrogens is 1. The highest BCUT2D eigenvalue weighted by Crippen LogP contribution is 2.26. The molecule has 0 aliphatic heterocycles. The summed E-state index contributed by atoms with van der Waals surface area (Å²) in [7, 11) is 0. The van der Waals surface area contributed by atoms with Crippen LogP contribution in [-0.4, -0.2) is 15.3 Å². The first-order valence-corrected chi connectivity index (χ1v) is 4.84. The lowest BCUT2D eigenvalue weighted by Crippen LogP contribution is -1.90. The van der Waals surface area contributed by atoms with Gasteiger partial charge in [-0.25, -0.2) is 0 Å². The Balaban J connectivity index is 2.49. The largest absolute Gasteiger partial charge is 0.508 e. The van der Waals surface area contributed by atoms with Gasteiger partial charge in [-0.3, -0.25) is 5.10 Å². The second-order valence-corrected chi connectivity index (χ2v) is 3.36. The van der Waals surface area contributed by atoms with Gasteiger partial charge in [-0.2, -0.15) is 5.10 Å². The van der Waals surface area contributed by atoms with E-state index in [9.17, 15) is 5.11 Å². The molecule has 4 nitrogen and oxygen atoms in total. The van der Waals surface area contributed by atoms with Crippen molar-refractivity contribution in [1.82, 2.24) is 10.2 Å². The second kappa shape index (κ2) is 3.65. The van der Waals surface area contributed by atoms with Crippen LogP contribution in [0.2, 0.25) is 0 Å². The van der Waals surface area contributed by atoms with Gasteiger partial charge in [0.05, 0.1) is 5.69 Å². The molecule has 0 atom stereocenters. The predicted octanol–water partition coefficient (Wildman–Crippen LogP) is 1.93. The highest BCUT2D eigenvalue weighted by Gasteiger charge is 2.10. The van der Waals surface area contributed by atoms with Gasteiger partial charge in [-0.15, -0.1) is 0 Å². The van der Waals surface area contributed by atoms with E-state index in [0.717, 1.165) is 23.2 Å². The Bertz CT molecular complexity index is 459. The number of aromatic hydroxyl groups is 1. The van der Waals surface area contributed by atoms with Crippen LogP contribution in [0.3, 0.4) is 0 Å². The summed E-state index contributed by atoms with van der Waals surface area (Å²) in [6, 6.07) is 6.96. The molecule has 4 N–H and O–H groups in total. The summed E-state index contributed by atoms with van der Waals surface area (Å²) < 4.78 is 0. The lowest BCUT2D eigenvalue weighted by molar-refractivity contribution is 0.475. The van der Waals surface area contributed by atoms with E-state index >= 15 is 0 Å². The average molecular weight is 203 g/mol. The molecule has 0 fully saturated rings. The van der Waals surface area contributed by atoms with Crippen molar-refractivity contribution in [2.75, 3.05) is 5.73 Å². The fourth-order valence-corrected chi connectivity index (χ4v) is 1.60. The molecular weight excluding hydrogens is 190 g/mol. The number of nitrogens with one attached hydrogen (secondary N) is 1. The van der Waals surface area contributed by atoms with Crippen LogP contribution in [0.5, 0.6) is 5.75 Å². The number of phenolic OH excluding ortho intramolecular Hbond substituents is 1. The maximum Gasteiger partial charge on any atom is 0.149 e. The van der Waals surface area contributed by atoms with E-state index in [-0.39, 0.29) is 5.75 Å². The highest BCUT2D eigenvalue weighted by molar-refractivity contribution is 5.68. The molecule has 1 aromatic carbocycles. The van der Waals surface area contributed by atoms with Crippen LogP contribution in [0.15, 0.2) is 24.3 Å². The van der Waals surface area contributed by atoms with Crippen LogP contribution in [-0.2, 0) is 6.42 Å². The average Bonchev–Trinajstić information content (AvgIpc) is 2.61. The summed E-state index contributed by atoms with van der Waals surface area (Å²) >= 11 is 0. The Morgan fingerprint density at radius 3 is 2.60 bits per heavy atom. The Hall–Kier alpha value is -1.97.